The zero-order valence-electron chi connectivity index (χ0n) is 9.19. The quantitative estimate of drug-likeness (QED) is 0.617. The second kappa shape index (κ2) is 2.98. The summed E-state index contributed by atoms with van der Waals surface area (Å²) in [4.78, 5) is 0. The largest absolute Gasteiger partial charge is 0.0620 e. The normalized spacial score (nSPS) is 25.0. The highest BCUT2D eigenvalue weighted by Gasteiger charge is 2.38. The molecule has 2 atom stereocenters. The van der Waals surface area contributed by atoms with Gasteiger partial charge in [0.05, 0.1) is 0 Å². The van der Waals surface area contributed by atoms with Gasteiger partial charge in [-0.3, -0.25) is 0 Å². The fourth-order valence-corrected chi connectivity index (χ4v) is 3.58. The summed E-state index contributed by atoms with van der Waals surface area (Å²) in [6, 6.07) is 18.0. The van der Waals surface area contributed by atoms with Crippen LogP contribution in [0.3, 0.4) is 0 Å². The summed E-state index contributed by atoms with van der Waals surface area (Å²) in [7, 11) is 0. The molecule has 16 heavy (non-hydrogen) atoms. The van der Waals surface area contributed by atoms with E-state index in [-0.39, 0.29) is 0 Å². The third-order valence-electron chi connectivity index (χ3n) is 4.27. The Bertz CT molecular complexity index is 502. The molecule has 0 heterocycles. The maximum Gasteiger partial charge on any atom is -0.00465 e. The first-order chi connectivity index (χ1) is 7.93. The van der Waals surface area contributed by atoms with Crippen LogP contribution in [0.25, 0.3) is 0 Å². The lowest BCUT2D eigenvalue weighted by Gasteiger charge is -2.09. The van der Waals surface area contributed by atoms with E-state index in [1.807, 2.05) is 0 Å². The van der Waals surface area contributed by atoms with Crippen LogP contribution in [0.5, 0.6) is 0 Å². The van der Waals surface area contributed by atoms with Crippen molar-refractivity contribution in [2.24, 2.45) is 0 Å². The van der Waals surface area contributed by atoms with Gasteiger partial charge in [0, 0.05) is 0 Å². The summed E-state index contributed by atoms with van der Waals surface area (Å²) in [5.41, 5.74) is 6.35. The monoisotopic (exact) mass is 206 g/mol. The lowest BCUT2D eigenvalue weighted by molar-refractivity contribution is 0.633. The van der Waals surface area contributed by atoms with Crippen LogP contribution in [0, 0.1) is 0 Å². The molecule has 0 heteroatoms. The van der Waals surface area contributed by atoms with Crippen molar-refractivity contribution in [2.75, 3.05) is 0 Å². The van der Waals surface area contributed by atoms with Crippen molar-refractivity contribution in [2.45, 2.75) is 24.7 Å². The van der Waals surface area contributed by atoms with E-state index in [1.165, 1.54) is 12.8 Å². The van der Waals surface area contributed by atoms with Gasteiger partial charge in [0.1, 0.15) is 0 Å². The van der Waals surface area contributed by atoms with Crippen LogP contribution in [0.1, 0.15) is 34.1 Å². The number of hydrogen-bond donors (Lipinski definition) is 0. The molecule has 2 aromatic rings. The SMILES string of the molecule is c1ccc2c(c1)CC1c3ccccc3CC21. The lowest BCUT2D eigenvalue weighted by atomic mass is 9.94. The molecule has 0 aromatic heterocycles. The molecule has 2 unspecified atom stereocenters. The Labute approximate surface area is 95.9 Å². The van der Waals surface area contributed by atoms with Gasteiger partial charge in [-0.05, 0) is 46.9 Å². The topological polar surface area (TPSA) is 0 Å². The fourth-order valence-electron chi connectivity index (χ4n) is 3.58. The van der Waals surface area contributed by atoms with E-state index >= 15 is 0 Å². The summed E-state index contributed by atoms with van der Waals surface area (Å²) < 4.78 is 0. The Balaban J connectivity index is 1.86. The van der Waals surface area contributed by atoms with Crippen LogP contribution in [0.4, 0.5) is 0 Å². The molecule has 2 aliphatic carbocycles. The summed E-state index contributed by atoms with van der Waals surface area (Å²) in [6.07, 6.45) is 2.50. The molecule has 0 N–H and O–H groups in total. The lowest BCUT2D eigenvalue weighted by Crippen LogP contribution is -1.98. The number of fused-ring (bicyclic) bond motifs is 5. The highest BCUT2D eigenvalue weighted by atomic mass is 14.4. The molecule has 0 amide bonds. The molecule has 0 spiro atoms. The number of rotatable bonds is 0. The third-order valence-corrected chi connectivity index (χ3v) is 4.27. The summed E-state index contributed by atoms with van der Waals surface area (Å²) in [6.45, 7) is 0. The van der Waals surface area contributed by atoms with E-state index in [0.29, 0.717) is 0 Å². The van der Waals surface area contributed by atoms with Crippen molar-refractivity contribution < 1.29 is 0 Å². The summed E-state index contributed by atoms with van der Waals surface area (Å²) >= 11 is 0. The van der Waals surface area contributed by atoms with Gasteiger partial charge >= 0.3 is 0 Å². The van der Waals surface area contributed by atoms with Gasteiger partial charge in [0.15, 0.2) is 0 Å². The van der Waals surface area contributed by atoms with Gasteiger partial charge in [-0.25, -0.2) is 0 Å². The second-order valence-electron chi connectivity index (χ2n) is 5.02. The van der Waals surface area contributed by atoms with Crippen molar-refractivity contribution in [1.29, 1.82) is 0 Å². The maximum absolute atomic E-state index is 2.33. The smallest absolute Gasteiger partial charge is 0.00465 e. The zero-order valence-corrected chi connectivity index (χ0v) is 9.19. The predicted octanol–water partition coefficient (Wildman–Crippen LogP) is 3.67. The second-order valence-corrected chi connectivity index (χ2v) is 5.02. The van der Waals surface area contributed by atoms with Crippen LogP contribution >= 0.6 is 0 Å². The predicted molar refractivity (Wildman–Crippen MR) is 65.8 cm³/mol. The number of hydrogen-bond acceptors (Lipinski definition) is 0. The van der Waals surface area contributed by atoms with Crippen molar-refractivity contribution in [3.63, 3.8) is 0 Å². The summed E-state index contributed by atoms with van der Waals surface area (Å²) in [5.74, 6) is 1.52. The maximum atomic E-state index is 2.33. The fraction of sp³-hybridized carbons (Fsp3) is 0.250. The van der Waals surface area contributed by atoms with Crippen molar-refractivity contribution in [1.82, 2.24) is 0 Å². The van der Waals surface area contributed by atoms with Gasteiger partial charge in [-0.1, -0.05) is 48.5 Å². The Morgan fingerprint density at radius 1 is 0.625 bits per heavy atom. The van der Waals surface area contributed by atoms with Crippen LogP contribution in [-0.4, -0.2) is 0 Å². The molecule has 0 nitrogen and oxygen atoms in total. The molecule has 2 aromatic carbocycles. The molecule has 0 radical (unpaired) electrons. The third kappa shape index (κ3) is 0.996. The van der Waals surface area contributed by atoms with Crippen LogP contribution < -0.4 is 0 Å². The Kier molecular flexibility index (Phi) is 1.59. The van der Waals surface area contributed by atoms with E-state index in [1.54, 1.807) is 22.3 Å². The minimum absolute atomic E-state index is 0.758. The van der Waals surface area contributed by atoms with Gasteiger partial charge in [-0.2, -0.15) is 0 Å². The van der Waals surface area contributed by atoms with E-state index in [2.05, 4.69) is 48.5 Å². The average Bonchev–Trinajstić information content (AvgIpc) is 2.85. The first-order valence-electron chi connectivity index (χ1n) is 6.09. The molecular weight excluding hydrogens is 192 g/mol. The van der Waals surface area contributed by atoms with Crippen LogP contribution in [0.2, 0.25) is 0 Å². The minimum Gasteiger partial charge on any atom is -0.0620 e. The molecule has 0 aliphatic heterocycles. The van der Waals surface area contributed by atoms with Gasteiger partial charge in [-0.15, -0.1) is 0 Å². The van der Waals surface area contributed by atoms with Crippen LogP contribution in [-0.2, 0) is 12.8 Å². The van der Waals surface area contributed by atoms with Crippen molar-refractivity contribution >= 4 is 0 Å². The number of benzene rings is 2. The minimum atomic E-state index is 0.758. The Morgan fingerprint density at radius 2 is 1.06 bits per heavy atom. The van der Waals surface area contributed by atoms with Gasteiger partial charge in [0.2, 0.25) is 0 Å². The van der Waals surface area contributed by atoms with Crippen molar-refractivity contribution in [3.8, 4) is 0 Å². The van der Waals surface area contributed by atoms with E-state index in [0.717, 1.165) is 11.8 Å². The van der Waals surface area contributed by atoms with E-state index in [4.69, 9.17) is 0 Å². The molecule has 78 valence electrons. The molecule has 0 saturated carbocycles. The van der Waals surface area contributed by atoms with E-state index in [9.17, 15) is 0 Å². The molecule has 0 fully saturated rings. The van der Waals surface area contributed by atoms with Gasteiger partial charge in [0.25, 0.3) is 0 Å². The zero-order chi connectivity index (χ0) is 10.5. The molecular formula is C16H14. The Hall–Kier alpha value is -1.56. The molecule has 0 bridgehead atoms. The average molecular weight is 206 g/mol. The highest BCUT2D eigenvalue weighted by molar-refractivity contribution is 5.49. The van der Waals surface area contributed by atoms with E-state index < -0.39 is 0 Å². The highest BCUT2D eigenvalue weighted by Crippen LogP contribution is 2.51. The van der Waals surface area contributed by atoms with Crippen molar-refractivity contribution in [3.05, 3.63) is 70.8 Å². The first-order valence-corrected chi connectivity index (χ1v) is 6.09. The molecule has 2 aliphatic rings. The summed E-state index contributed by atoms with van der Waals surface area (Å²) in [5, 5.41) is 0. The Morgan fingerprint density at radius 3 is 1.56 bits per heavy atom. The first kappa shape index (κ1) is 8.58. The van der Waals surface area contributed by atoms with Gasteiger partial charge < -0.3 is 0 Å². The molecule has 4 rings (SSSR count). The molecule has 0 saturated heterocycles. The standard InChI is InChI=1S/C16H14/c1-3-7-13-11(5-1)9-15-14-8-4-2-6-12(14)10-16(13)15/h1-8,15-16H,9-10H2. The van der Waals surface area contributed by atoms with Crippen LogP contribution in [0.15, 0.2) is 48.5 Å².